The Balaban J connectivity index is 1.89. The lowest BCUT2D eigenvalue weighted by atomic mass is 10.2. The van der Waals surface area contributed by atoms with Crippen LogP contribution >= 0.6 is 11.6 Å². The number of ether oxygens (including phenoxy) is 3. The summed E-state index contributed by atoms with van der Waals surface area (Å²) in [6.45, 7) is 2.10. The number of carbonyl (C=O) groups excluding carboxylic acids is 2. The van der Waals surface area contributed by atoms with Crippen molar-refractivity contribution in [2.75, 3.05) is 25.6 Å². The fourth-order valence-electron chi connectivity index (χ4n) is 2.02. The molecule has 0 aliphatic heterocycles. The van der Waals surface area contributed by atoms with Crippen molar-refractivity contribution in [1.29, 1.82) is 0 Å². The van der Waals surface area contributed by atoms with E-state index in [-0.39, 0.29) is 12.5 Å². The summed E-state index contributed by atoms with van der Waals surface area (Å²) in [5, 5.41) is 3.36. The predicted octanol–water partition coefficient (Wildman–Crippen LogP) is 3.55. The normalized spacial score (nSPS) is 11.5. The Kier molecular flexibility index (Phi) is 7.44. The summed E-state index contributed by atoms with van der Waals surface area (Å²) in [6.07, 6.45) is -0.763. The average molecular weight is 378 g/mol. The highest BCUT2D eigenvalue weighted by Gasteiger charge is 2.16. The van der Waals surface area contributed by atoms with E-state index in [1.165, 1.54) is 7.11 Å². The number of carbonyl (C=O) groups is 2. The van der Waals surface area contributed by atoms with E-state index >= 15 is 0 Å². The lowest BCUT2D eigenvalue weighted by molar-refractivity contribution is -0.152. The first-order valence-corrected chi connectivity index (χ1v) is 8.36. The predicted molar refractivity (Wildman–Crippen MR) is 98.8 cm³/mol. The van der Waals surface area contributed by atoms with Crippen molar-refractivity contribution in [3.63, 3.8) is 0 Å². The maximum Gasteiger partial charge on any atom is 0.347 e. The second-order valence-electron chi connectivity index (χ2n) is 5.41. The minimum atomic E-state index is -0.763. The zero-order valence-corrected chi connectivity index (χ0v) is 15.3. The van der Waals surface area contributed by atoms with Gasteiger partial charge in [-0.3, -0.25) is 4.79 Å². The van der Waals surface area contributed by atoms with E-state index in [0.29, 0.717) is 28.6 Å². The molecule has 26 heavy (non-hydrogen) atoms. The Hall–Kier alpha value is -2.57. The van der Waals surface area contributed by atoms with Gasteiger partial charge in [0.1, 0.15) is 12.4 Å². The van der Waals surface area contributed by atoms with Crippen LogP contribution in [0.1, 0.15) is 17.3 Å². The molecule has 0 saturated heterocycles. The maximum absolute atomic E-state index is 12.2. The van der Waals surface area contributed by atoms with E-state index < -0.39 is 12.1 Å². The smallest absolute Gasteiger partial charge is 0.347 e. The molecule has 1 atom stereocenters. The number of amides is 1. The highest BCUT2D eigenvalue weighted by molar-refractivity contribution is 6.30. The summed E-state index contributed by atoms with van der Waals surface area (Å²) in [7, 11) is 1.53. The number of nitrogens with one attached hydrogen (secondary N) is 1. The van der Waals surface area contributed by atoms with Gasteiger partial charge < -0.3 is 19.5 Å². The number of methoxy groups -OCH3 is 1. The van der Waals surface area contributed by atoms with Gasteiger partial charge in [-0.15, -0.1) is 0 Å². The molecule has 7 heteroatoms. The van der Waals surface area contributed by atoms with Gasteiger partial charge in [-0.1, -0.05) is 11.6 Å². The highest BCUT2D eigenvalue weighted by Crippen LogP contribution is 2.17. The van der Waals surface area contributed by atoms with E-state index in [1.807, 2.05) is 0 Å². The number of benzene rings is 2. The van der Waals surface area contributed by atoms with Crippen molar-refractivity contribution in [3.8, 4) is 5.75 Å². The van der Waals surface area contributed by atoms with Crippen LogP contribution in [0.25, 0.3) is 0 Å². The number of hydrogen-bond acceptors (Lipinski definition) is 5. The summed E-state index contributed by atoms with van der Waals surface area (Å²) in [6, 6.07) is 13.3. The molecule has 138 valence electrons. The first-order valence-electron chi connectivity index (χ1n) is 7.99. The van der Waals surface area contributed by atoms with Crippen molar-refractivity contribution in [2.24, 2.45) is 0 Å². The molecule has 6 nitrogen and oxygen atoms in total. The topological polar surface area (TPSA) is 73.9 Å². The van der Waals surface area contributed by atoms with Gasteiger partial charge in [0.05, 0.1) is 6.61 Å². The van der Waals surface area contributed by atoms with Gasteiger partial charge in [0.15, 0.2) is 6.10 Å². The van der Waals surface area contributed by atoms with Crippen LogP contribution in [0.3, 0.4) is 0 Å². The molecule has 2 aromatic rings. The van der Waals surface area contributed by atoms with E-state index in [9.17, 15) is 9.59 Å². The average Bonchev–Trinajstić information content (AvgIpc) is 2.64. The molecule has 2 rings (SSSR count). The van der Waals surface area contributed by atoms with Gasteiger partial charge in [-0.25, -0.2) is 4.79 Å². The monoisotopic (exact) mass is 377 g/mol. The summed E-state index contributed by atoms with van der Waals surface area (Å²) in [5.41, 5.74) is 1.11. The van der Waals surface area contributed by atoms with Gasteiger partial charge >= 0.3 is 5.97 Å². The van der Waals surface area contributed by atoms with Gasteiger partial charge in [0.2, 0.25) is 0 Å². The number of rotatable bonds is 8. The second-order valence-corrected chi connectivity index (χ2v) is 5.84. The van der Waals surface area contributed by atoms with E-state index in [0.717, 1.165) is 0 Å². The fraction of sp³-hybridized carbons (Fsp3) is 0.263. The first-order chi connectivity index (χ1) is 12.5. The molecule has 0 fully saturated rings. The highest BCUT2D eigenvalue weighted by atomic mass is 35.5. The Morgan fingerprint density at radius 3 is 2.31 bits per heavy atom. The molecule has 0 bridgehead atoms. The quantitative estimate of drug-likeness (QED) is 0.562. The minimum Gasteiger partial charge on any atom is -0.479 e. The third kappa shape index (κ3) is 6.06. The molecule has 0 unspecified atom stereocenters. The fourth-order valence-corrected chi connectivity index (χ4v) is 2.14. The van der Waals surface area contributed by atoms with Gasteiger partial charge in [-0.2, -0.15) is 0 Å². The molecule has 0 saturated carbocycles. The maximum atomic E-state index is 12.2. The molecule has 0 heterocycles. The first kappa shape index (κ1) is 19.8. The van der Waals surface area contributed by atoms with E-state index in [1.54, 1.807) is 55.5 Å². The van der Waals surface area contributed by atoms with Crippen molar-refractivity contribution < 1.29 is 23.8 Å². The van der Waals surface area contributed by atoms with Crippen molar-refractivity contribution in [2.45, 2.75) is 13.0 Å². The van der Waals surface area contributed by atoms with Crippen molar-refractivity contribution in [1.82, 2.24) is 0 Å². The van der Waals surface area contributed by atoms with Crippen molar-refractivity contribution >= 4 is 29.2 Å². The Morgan fingerprint density at radius 1 is 1.04 bits per heavy atom. The van der Waals surface area contributed by atoms with Crippen LogP contribution in [0.2, 0.25) is 5.02 Å². The lowest BCUT2D eigenvalue weighted by Crippen LogP contribution is -2.27. The Morgan fingerprint density at radius 2 is 1.69 bits per heavy atom. The second kappa shape index (κ2) is 9.79. The van der Waals surface area contributed by atoms with Gasteiger partial charge in [-0.05, 0) is 55.5 Å². The third-order valence-corrected chi connectivity index (χ3v) is 3.65. The Bertz CT molecular complexity index is 731. The zero-order chi connectivity index (χ0) is 18.9. The van der Waals surface area contributed by atoms with Crippen LogP contribution in [-0.2, 0) is 14.3 Å². The number of anilines is 1. The van der Waals surface area contributed by atoms with Crippen LogP contribution in [0.4, 0.5) is 5.69 Å². The summed E-state index contributed by atoms with van der Waals surface area (Å²) in [4.78, 5) is 24.0. The molecule has 0 aliphatic rings. The number of hydrogen-bond donors (Lipinski definition) is 1. The van der Waals surface area contributed by atoms with E-state index in [2.05, 4.69) is 5.32 Å². The minimum absolute atomic E-state index is 0.173. The lowest BCUT2D eigenvalue weighted by Gasteiger charge is -2.14. The molecule has 1 amide bonds. The summed E-state index contributed by atoms with van der Waals surface area (Å²) >= 11 is 5.82. The van der Waals surface area contributed by atoms with Gasteiger partial charge in [0.25, 0.3) is 5.91 Å². The standard InChI is InChI=1S/C19H20ClNO5/c1-13(19(23)25-12-11-24-2)26-17-9-3-14(4-10-17)18(22)21-16-7-5-15(20)6-8-16/h3-10,13H,11-12H2,1-2H3,(H,21,22)/t13-/m1/s1. The van der Waals surface area contributed by atoms with Crippen LogP contribution in [0.15, 0.2) is 48.5 Å². The van der Waals surface area contributed by atoms with E-state index in [4.69, 9.17) is 25.8 Å². The SMILES string of the molecule is COCCOC(=O)[C@@H](C)Oc1ccc(C(=O)Nc2ccc(Cl)cc2)cc1. The van der Waals surface area contributed by atoms with Crippen molar-refractivity contribution in [3.05, 3.63) is 59.1 Å². The zero-order valence-electron chi connectivity index (χ0n) is 14.5. The molecule has 0 spiro atoms. The van der Waals surface area contributed by atoms with Gasteiger partial charge in [0, 0.05) is 23.4 Å². The van der Waals surface area contributed by atoms with Crippen LogP contribution in [-0.4, -0.2) is 38.3 Å². The molecule has 0 radical (unpaired) electrons. The summed E-state index contributed by atoms with van der Waals surface area (Å²) in [5.74, 6) is -0.276. The molecular weight excluding hydrogens is 358 g/mol. The number of halogens is 1. The molecule has 0 aliphatic carbocycles. The van der Waals surface area contributed by atoms with Crippen LogP contribution in [0, 0.1) is 0 Å². The third-order valence-electron chi connectivity index (χ3n) is 3.40. The molecule has 2 aromatic carbocycles. The molecule has 0 aromatic heterocycles. The molecular formula is C19H20ClNO5. The molecule has 1 N–H and O–H groups in total. The summed E-state index contributed by atoms with van der Waals surface area (Å²) < 4.78 is 15.3. The van der Waals surface area contributed by atoms with Crippen LogP contribution < -0.4 is 10.1 Å². The number of esters is 1. The van der Waals surface area contributed by atoms with Crippen LogP contribution in [0.5, 0.6) is 5.75 Å². The Labute approximate surface area is 157 Å². The largest absolute Gasteiger partial charge is 0.479 e.